The summed E-state index contributed by atoms with van der Waals surface area (Å²) in [4.78, 5) is 86.3. The Hall–Kier alpha value is -7.22. The van der Waals surface area contributed by atoms with E-state index in [1.54, 1.807) is 52.5 Å². The van der Waals surface area contributed by atoms with E-state index in [2.05, 4.69) is 46.3 Å². The number of aromatic nitrogens is 6. The van der Waals surface area contributed by atoms with Crippen molar-refractivity contribution in [1.29, 1.82) is 0 Å². The van der Waals surface area contributed by atoms with Crippen LogP contribution in [-0.2, 0) is 39.9 Å². The lowest BCUT2D eigenvalue weighted by Gasteiger charge is -2.35. The largest absolute Gasteiger partial charge is 0.391 e. The molecule has 24 heteroatoms. The molecular weight excluding hydrogens is 1040 g/mol. The summed E-state index contributed by atoms with van der Waals surface area (Å²) in [6, 6.07) is 10.3. The maximum atomic E-state index is 15.6. The van der Waals surface area contributed by atoms with Crippen LogP contribution in [0.5, 0.6) is 0 Å². The smallest absolute Gasteiger partial charge is 0.254 e. The van der Waals surface area contributed by atoms with Crippen LogP contribution in [0, 0.1) is 18.2 Å². The number of carbonyl (C=O) groups excluding carboxylic acids is 5. The van der Waals surface area contributed by atoms with Crippen molar-refractivity contribution in [3.8, 4) is 21.7 Å². The fourth-order valence-corrected chi connectivity index (χ4v) is 10.4. The molecule has 3 atom stereocenters. The number of fused-ring (bicyclic) bond motifs is 1. The van der Waals surface area contributed by atoms with Crippen LogP contribution in [0.3, 0.4) is 0 Å². The average molecular weight is 1110 g/mol. The molecule has 6 N–H and O–H groups in total. The maximum absolute atomic E-state index is 15.6. The van der Waals surface area contributed by atoms with Crippen molar-refractivity contribution in [3.05, 3.63) is 101 Å². The minimum absolute atomic E-state index is 0.0409. The molecule has 2 aromatic carbocycles. The van der Waals surface area contributed by atoms with Gasteiger partial charge in [0, 0.05) is 88.2 Å². The number of nitrogens with one attached hydrogen (secondary N) is 5. The predicted octanol–water partition coefficient (Wildman–Crippen LogP) is 4.04. The number of aromatic amines is 1. The van der Waals surface area contributed by atoms with Crippen LogP contribution in [-0.4, -0.2) is 183 Å². The second-order valence-corrected chi connectivity index (χ2v) is 21.9. The van der Waals surface area contributed by atoms with Crippen LogP contribution in [0.15, 0.2) is 72.8 Å². The highest BCUT2D eigenvalue weighted by molar-refractivity contribution is 7.13. The lowest BCUT2D eigenvalue weighted by molar-refractivity contribution is -0.144. The minimum Gasteiger partial charge on any atom is -0.391 e. The van der Waals surface area contributed by atoms with Gasteiger partial charge in [-0.25, -0.2) is 19.3 Å². The van der Waals surface area contributed by atoms with E-state index in [4.69, 9.17) is 19.2 Å². The van der Waals surface area contributed by atoms with Crippen molar-refractivity contribution in [3.63, 3.8) is 0 Å². The molecule has 2 aliphatic heterocycles. The molecule has 2 saturated heterocycles. The molecule has 1 saturated carbocycles. The molecule has 3 aliphatic rings. The van der Waals surface area contributed by atoms with Crippen LogP contribution < -0.4 is 21.3 Å². The number of piperazine rings is 1. The van der Waals surface area contributed by atoms with Crippen molar-refractivity contribution in [1.82, 2.24) is 60.2 Å². The molecule has 4 aromatic heterocycles. The van der Waals surface area contributed by atoms with E-state index in [1.165, 1.54) is 11.0 Å². The van der Waals surface area contributed by atoms with Crippen molar-refractivity contribution in [2.75, 3.05) is 90.8 Å². The van der Waals surface area contributed by atoms with Gasteiger partial charge in [0.15, 0.2) is 11.5 Å². The number of likely N-dealkylation sites (tertiary alicyclic amines) is 1. The number of β-amino-alcohol motifs (C(OH)–C–C–N with tert-alkyl or cyclic N) is 1. The summed E-state index contributed by atoms with van der Waals surface area (Å²) >= 11 is 1.56. The quantitative estimate of drug-likeness (QED) is 0.0468. The number of rotatable bonds is 24. The van der Waals surface area contributed by atoms with Gasteiger partial charge in [-0.15, -0.1) is 11.3 Å². The number of thiazole rings is 1. The number of anilines is 2. The summed E-state index contributed by atoms with van der Waals surface area (Å²) in [5, 5.41) is 29.1. The molecule has 3 fully saturated rings. The van der Waals surface area contributed by atoms with Gasteiger partial charge < -0.3 is 50.4 Å². The Bertz CT molecular complexity index is 3080. The maximum Gasteiger partial charge on any atom is 0.254 e. The van der Waals surface area contributed by atoms with Gasteiger partial charge in [0.25, 0.3) is 5.91 Å². The zero-order valence-corrected chi connectivity index (χ0v) is 45.7. The van der Waals surface area contributed by atoms with Crippen LogP contribution in [0.25, 0.3) is 27.3 Å². The standard InChI is InChI=1S/C55H68FN13O9S/c1-34-48(79-33-60-34)37-7-5-35(6-8-37)25-59-52(73)44-24-40(70)29-69(44)54(75)49(55(2,3)4)65-47(72)32-78-22-20-76-19-21-77-31-46(71)57-13-14-66-15-17-67(18-16-66)53(74)38-11-12-42(41(56)23-38)63-50-51-58-28-45(39-26-61-62-27-39)68(51)30-43(64-50)36-9-10-36/h5-8,11-12,23,26-28,30,33,36,40,44,49,70H,9-10,13-22,24-25,29,31-32H2,1-4H3,(H,57,71)(H,59,73)(H,61,62)(H,63,64)(H,65,72)/t40-,44+,49-/m1/s1. The molecule has 6 heterocycles. The van der Waals surface area contributed by atoms with Crippen molar-refractivity contribution >= 4 is 58.0 Å². The van der Waals surface area contributed by atoms with E-state index in [9.17, 15) is 29.1 Å². The number of amides is 5. The molecule has 9 rings (SSSR count). The number of halogens is 1. The van der Waals surface area contributed by atoms with Crippen LogP contribution in [0.2, 0.25) is 0 Å². The van der Waals surface area contributed by atoms with Gasteiger partial charge in [0.05, 0.1) is 78.1 Å². The van der Waals surface area contributed by atoms with Gasteiger partial charge in [0.1, 0.15) is 31.1 Å². The summed E-state index contributed by atoms with van der Waals surface area (Å²) in [5.41, 5.74) is 7.49. The average Bonchev–Trinajstić information content (AvgIpc) is 4.05. The molecule has 0 spiro atoms. The molecule has 6 aromatic rings. The summed E-state index contributed by atoms with van der Waals surface area (Å²) in [5.74, 6) is -1.76. The Labute approximate surface area is 460 Å². The highest BCUT2D eigenvalue weighted by Crippen LogP contribution is 2.41. The first-order chi connectivity index (χ1) is 38.1. The van der Waals surface area contributed by atoms with Crippen LogP contribution in [0.1, 0.15) is 73.3 Å². The highest BCUT2D eigenvalue weighted by Gasteiger charge is 2.44. The number of carbonyl (C=O) groups is 5. The third kappa shape index (κ3) is 14.5. The Morgan fingerprint density at radius 2 is 1.63 bits per heavy atom. The van der Waals surface area contributed by atoms with Gasteiger partial charge in [-0.2, -0.15) is 5.10 Å². The summed E-state index contributed by atoms with van der Waals surface area (Å²) in [6.45, 7) is 10.7. The number of imidazole rings is 1. The lowest BCUT2D eigenvalue weighted by atomic mass is 9.85. The normalized spacial score (nSPS) is 17.2. The van der Waals surface area contributed by atoms with Gasteiger partial charge >= 0.3 is 0 Å². The number of nitrogens with zero attached hydrogens (tertiary/aromatic N) is 8. The number of aliphatic hydroxyl groups is 1. The third-order valence-electron chi connectivity index (χ3n) is 14.1. The van der Waals surface area contributed by atoms with Crippen LogP contribution >= 0.6 is 11.3 Å². The molecule has 79 heavy (non-hydrogen) atoms. The van der Waals surface area contributed by atoms with Gasteiger partial charge in [-0.3, -0.25) is 38.4 Å². The number of benzene rings is 2. The second kappa shape index (κ2) is 25.7. The molecule has 22 nitrogen and oxygen atoms in total. The second-order valence-electron chi connectivity index (χ2n) is 21.1. The molecule has 0 unspecified atom stereocenters. The number of ether oxygens (including phenoxy) is 3. The first kappa shape index (κ1) is 56.5. The Morgan fingerprint density at radius 3 is 2.30 bits per heavy atom. The summed E-state index contributed by atoms with van der Waals surface area (Å²) in [7, 11) is 0. The first-order valence-corrected chi connectivity index (χ1v) is 27.5. The number of aryl methyl sites for hydroxylation is 1. The summed E-state index contributed by atoms with van der Waals surface area (Å²) < 4.78 is 34.1. The van der Waals surface area contributed by atoms with Crippen molar-refractivity contribution in [2.45, 2.75) is 77.6 Å². The van der Waals surface area contributed by atoms with E-state index in [0.717, 1.165) is 51.5 Å². The Kier molecular flexibility index (Phi) is 18.4. The van der Waals surface area contributed by atoms with E-state index in [0.29, 0.717) is 56.7 Å². The van der Waals surface area contributed by atoms with E-state index in [1.807, 2.05) is 62.6 Å². The number of hydrogen-bond acceptors (Lipinski definition) is 16. The number of aliphatic hydroxyl groups excluding tert-OH is 1. The Balaban J connectivity index is 0.616. The van der Waals surface area contributed by atoms with Crippen LogP contribution in [0.4, 0.5) is 15.9 Å². The zero-order valence-electron chi connectivity index (χ0n) is 44.8. The van der Waals surface area contributed by atoms with Gasteiger partial charge in [-0.1, -0.05) is 45.0 Å². The first-order valence-electron chi connectivity index (χ1n) is 26.6. The fourth-order valence-electron chi connectivity index (χ4n) is 9.56. The SMILES string of the molecule is Cc1ncsc1-c1ccc(CNC(=O)[C@@H]2C[C@@H](O)CN2C(=O)[C@@H](NC(=O)COCCOCCOCC(=O)NCCN2CCN(C(=O)c3ccc(Nc4nc(C5CC5)cn5c(-c6cn[nH]c6)cnc45)c(F)c3)CC2)C(C)(C)C)cc1. The Morgan fingerprint density at radius 1 is 0.899 bits per heavy atom. The van der Waals surface area contributed by atoms with Crippen molar-refractivity contribution < 1.29 is 47.7 Å². The highest BCUT2D eigenvalue weighted by atomic mass is 32.1. The number of hydrogen-bond donors (Lipinski definition) is 6. The lowest BCUT2D eigenvalue weighted by Crippen LogP contribution is -2.58. The monoisotopic (exact) mass is 1110 g/mol. The van der Waals surface area contributed by atoms with Gasteiger partial charge in [-0.05, 0) is 54.5 Å². The van der Waals surface area contributed by atoms with E-state index >= 15 is 4.39 Å². The van der Waals surface area contributed by atoms with Gasteiger partial charge in [0.2, 0.25) is 23.6 Å². The zero-order chi connectivity index (χ0) is 55.6. The minimum atomic E-state index is -1.00. The third-order valence-corrected chi connectivity index (χ3v) is 15.1. The topological polar surface area (TPSA) is 263 Å². The molecule has 0 radical (unpaired) electrons. The fraction of sp³-hybridized carbons (Fsp3) is 0.473. The number of H-pyrrole nitrogens is 1. The summed E-state index contributed by atoms with van der Waals surface area (Å²) in [6.07, 6.45) is 8.46. The molecule has 1 aliphatic carbocycles. The molecule has 0 bridgehead atoms. The van der Waals surface area contributed by atoms with Crippen molar-refractivity contribution in [2.24, 2.45) is 5.41 Å². The van der Waals surface area contributed by atoms with E-state index in [-0.39, 0.29) is 82.2 Å². The molecule has 420 valence electrons. The molecular formula is C55H68FN13O9S. The van der Waals surface area contributed by atoms with E-state index < -0.39 is 47.1 Å². The predicted molar refractivity (Wildman–Crippen MR) is 292 cm³/mol. The molecule has 5 amide bonds.